The molecule has 0 heterocycles. The van der Waals surface area contributed by atoms with Crippen molar-refractivity contribution in [3.05, 3.63) is 66.0 Å². The van der Waals surface area contributed by atoms with Crippen molar-refractivity contribution in [3.63, 3.8) is 0 Å². The Kier molecular flexibility index (Phi) is 3.39. The molecule has 2 rings (SSSR count). The fraction of sp³-hybridized carbons (Fsp3) is 0.143. The van der Waals surface area contributed by atoms with Crippen LogP contribution in [0.5, 0.6) is 0 Å². The predicted octanol–water partition coefficient (Wildman–Crippen LogP) is 3.56. The smallest absolute Gasteiger partial charge is 0.109 e. The molecule has 1 aliphatic carbocycles. The third-order valence-electron chi connectivity index (χ3n) is 2.27. The zero-order valence-corrected chi connectivity index (χ0v) is 8.60. The van der Waals surface area contributed by atoms with E-state index in [0.717, 1.165) is 12.0 Å². The Hall–Kier alpha value is -1.76. The summed E-state index contributed by atoms with van der Waals surface area (Å²) in [6, 6.07) is 10.1. The maximum absolute atomic E-state index is 5.43. The first-order valence-corrected chi connectivity index (χ1v) is 5.13. The Bertz CT molecular complexity index is 385. The normalized spacial score (nSPS) is 14.5. The molecule has 0 N–H and O–H groups in total. The second kappa shape index (κ2) is 5.20. The lowest BCUT2D eigenvalue weighted by molar-refractivity contribution is 0.282. The van der Waals surface area contributed by atoms with Gasteiger partial charge in [0, 0.05) is 0 Å². The molecule has 0 atom stereocenters. The van der Waals surface area contributed by atoms with E-state index in [1.165, 1.54) is 5.57 Å². The maximum atomic E-state index is 5.43. The maximum Gasteiger partial charge on any atom is 0.109 e. The molecule has 1 nitrogen and oxygen atoms in total. The van der Waals surface area contributed by atoms with Gasteiger partial charge in [-0.15, -0.1) is 0 Å². The highest BCUT2D eigenvalue weighted by molar-refractivity contribution is 5.47. The molecule has 0 aliphatic heterocycles. The molecular weight excluding hydrogens is 184 g/mol. The highest BCUT2D eigenvalue weighted by atomic mass is 16.5. The van der Waals surface area contributed by atoms with Crippen LogP contribution in [0.1, 0.15) is 12.0 Å². The van der Waals surface area contributed by atoms with Crippen LogP contribution in [-0.4, -0.2) is 6.61 Å². The summed E-state index contributed by atoms with van der Waals surface area (Å²) in [6.07, 6.45) is 11.1. The van der Waals surface area contributed by atoms with Crippen LogP contribution in [0.15, 0.2) is 60.4 Å². The topological polar surface area (TPSA) is 9.23 Å². The molecule has 0 unspecified atom stereocenters. The molecule has 1 aromatic rings. The fourth-order valence-corrected chi connectivity index (χ4v) is 1.44. The zero-order chi connectivity index (χ0) is 10.3. The van der Waals surface area contributed by atoms with E-state index in [-0.39, 0.29) is 0 Å². The van der Waals surface area contributed by atoms with Crippen molar-refractivity contribution < 1.29 is 4.74 Å². The monoisotopic (exact) mass is 198 g/mol. The molecule has 0 spiro atoms. The van der Waals surface area contributed by atoms with Gasteiger partial charge in [0.2, 0.25) is 0 Å². The highest BCUT2D eigenvalue weighted by Gasteiger charge is 1.97. The minimum atomic E-state index is 0.691. The molecule has 1 heteroatoms. The van der Waals surface area contributed by atoms with Crippen LogP contribution >= 0.6 is 0 Å². The molecule has 0 saturated carbocycles. The van der Waals surface area contributed by atoms with Gasteiger partial charge in [-0.3, -0.25) is 0 Å². The lowest BCUT2D eigenvalue weighted by Crippen LogP contribution is -1.89. The Morgan fingerprint density at radius 1 is 1.20 bits per heavy atom. The van der Waals surface area contributed by atoms with Crippen LogP contribution in [0, 0.1) is 0 Å². The van der Waals surface area contributed by atoms with Gasteiger partial charge in [0.1, 0.15) is 6.61 Å². The molecule has 0 aromatic heterocycles. The van der Waals surface area contributed by atoms with Crippen molar-refractivity contribution in [2.45, 2.75) is 6.42 Å². The van der Waals surface area contributed by atoms with E-state index in [1.807, 2.05) is 24.3 Å². The molecule has 0 bridgehead atoms. The lowest BCUT2D eigenvalue weighted by Gasteiger charge is -2.00. The van der Waals surface area contributed by atoms with Crippen LogP contribution in [-0.2, 0) is 4.74 Å². The number of hydrogen-bond acceptors (Lipinski definition) is 1. The van der Waals surface area contributed by atoms with Crippen molar-refractivity contribution in [1.29, 1.82) is 0 Å². The van der Waals surface area contributed by atoms with Gasteiger partial charge in [-0.1, -0.05) is 48.6 Å². The fourth-order valence-electron chi connectivity index (χ4n) is 1.44. The number of hydrogen-bond donors (Lipinski definition) is 0. The second-order valence-electron chi connectivity index (χ2n) is 3.48. The highest BCUT2D eigenvalue weighted by Crippen LogP contribution is 2.10. The third kappa shape index (κ3) is 3.13. The largest absolute Gasteiger partial charge is 0.497 e. The average Bonchev–Trinajstić information content (AvgIpc) is 2.79. The molecule has 76 valence electrons. The van der Waals surface area contributed by atoms with E-state index < -0.39 is 0 Å². The third-order valence-corrected chi connectivity index (χ3v) is 2.27. The second-order valence-corrected chi connectivity index (χ2v) is 3.48. The van der Waals surface area contributed by atoms with Crippen molar-refractivity contribution in [2.75, 3.05) is 6.61 Å². The van der Waals surface area contributed by atoms with E-state index in [4.69, 9.17) is 4.74 Å². The van der Waals surface area contributed by atoms with E-state index in [0.29, 0.717) is 6.61 Å². The molecular formula is C14H14O. The minimum Gasteiger partial charge on any atom is -0.497 e. The van der Waals surface area contributed by atoms with Gasteiger partial charge in [0.15, 0.2) is 0 Å². The Morgan fingerprint density at radius 2 is 2.07 bits per heavy atom. The first-order valence-electron chi connectivity index (χ1n) is 5.13. The zero-order valence-electron chi connectivity index (χ0n) is 8.60. The average molecular weight is 198 g/mol. The number of benzene rings is 1. The van der Waals surface area contributed by atoms with E-state index in [1.54, 1.807) is 6.26 Å². The van der Waals surface area contributed by atoms with Crippen LogP contribution < -0.4 is 0 Å². The molecule has 1 aromatic carbocycles. The summed E-state index contributed by atoms with van der Waals surface area (Å²) in [5.74, 6) is 0. The van der Waals surface area contributed by atoms with Crippen molar-refractivity contribution in [3.8, 4) is 0 Å². The quantitative estimate of drug-likeness (QED) is 0.672. The lowest BCUT2D eigenvalue weighted by atomic mass is 10.2. The molecule has 0 radical (unpaired) electrons. The molecule has 0 fully saturated rings. The molecule has 0 saturated heterocycles. The van der Waals surface area contributed by atoms with Crippen LogP contribution in [0.4, 0.5) is 0 Å². The standard InChI is InChI=1S/C14H14O/c1-2-6-13(7-3-1)10-11-15-12-14-8-4-5-9-14/h1-8,10-11H,9,12H2. The van der Waals surface area contributed by atoms with Gasteiger partial charge in [-0.25, -0.2) is 0 Å². The van der Waals surface area contributed by atoms with E-state index in [2.05, 4.69) is 30.4 Å². The number of allylic oxidation sites excluding steroid dienone is 3. The van der Waals surface area contributed by atoms with Crippen LogP contribution in [0.25, 0.3) is 6.08 Å². The van der Waals surface area contributed by atoms with Gasteiger partial charge >= 0.3 is 0 Å². The summed E-state index contributed by atoms with van der Waals surface area (Å²) in [4.78, 5) is 0. The molecule has 1 aliphatic rings. The summed E-state index contributed by atoms with van der Waals surface area (Å²) in [7, 11) is 0. The van der Waals surface area contributed by atoms with Crippen LogP contribution in [0.3, 0.4) is 0 Å². The predicted molar refractivity (Wildman–Crippen MR) is 63.3 cm³/mol. The number of rotatable bonds is 4. The summed E-state index contributed by atoms with van der Waals surface area (Å²) in [5.41, 5.74) is 2.49. The summed E-state index contributed by atoms with van der Waals surface area (Å²) in [6.45, 7) is 0.691. The van der Waals surface area contributed by atoms with Gasteiger partial charge in [0.05, 0.1) is 6.26 Å². The SMILES string of the molecule is C1=CCC(COC=Cc2ccccc2)=C1. The van der Waals surface area contributed by atoms with Gasteiger partial charge < -0.3 is 4.74 Å². The summed E-state index contributed by atoms with van der Waals surface area (Å²) >= 11 is 0. The Morgan fingerprint density at radius 3 is 2.80 bits per heavy atom. The summed E-state index contributed by atoms with van der Waals surface area (Å²) < 4.78 is 5.43. The van der Waals surface area contributed by atoms with Crippen molar-refractivity contribution >= 4 is 6.08 Å². The molecule has 15 heavy (non-hydrogen) atoms. The van der Waals surface area contributed by atoms with E-state index >= 15 is 0 Å². The van der Waals surface area contributed by atoms with Crippen LogP contribution in [0.2, 0.25) is 0 Å². The first-order chi connectivity index (χ1) is 7.45. The van der Waals surface area contributed by atoms with Gasteiger partial charge in [0.25, 0.3) is 0 Å². The Balaban J connectivity index is 1.76. The Labute approximate surface area is 90.4 Å². The first kappa shape index (κ1) is 9.78. The van der Waals surface area contributed by atoms with Crippen molar-refractivity contribution in [2.24, 2.45) is 0 Å². The van der Waals surface area contributed by atoms with Gasteiger partial charge in [-0.05, 0) is 23.6 Å². The van der Waals surface area contributed by atoms with Crippen molar-refractivity contribution in [1.82, 2.24) is 0 Å². The van der Waals surface area contributed by atoms with E-state index in [9.17, 15) is 0 Å². The summed E-state index contributed by atoms with van der Waals surface area (Å²) in [5, 5.41) is 0. The van der Waals surface area contributed by atoms with Gasteiger partial charge in [-0.2, -0.15) is 0 Å². The number of ether oxygens (including phenoxy) is 1. The molecule has 0 amide bonds. The minimum absolute atomic E-state index is 0.691.